The Hall–Kier alpha value is -1.00. The Morgan fingerprint density at radius 2 is 2.16 bits per heavy atom. The van der Waals surface area contributed by atoms with E-state index in [4.69, 9.17) is 10.7 Å². The predicted molar refractivity (Wildman–Crippen MR) is 82.7 cm³/mol. The van der Waals surface area contributed by atoms with E-state index in [-0.39, 0.29) is 6.04 Å². The second-order valence-electron chi connectivity index (χ2n) is 5.30. The van der Waals surface area contributed by atoms with Gasteiger partial charge in [0, 0.05) is 24.4 Å². The number of nitrogens with zero attached hydrogens (tertiary/aromatic N) is 2. The fraction of sp³-hybridized carbons (Fsp3) is 0.533. The third kappa shape index (κ3) is 3.51. The summed E-state index contributed by atoms with van der Waals surface area (Å²) in [7, 11) is 0. The molecule has 0 aliphatic rings. The molecule has 2 atom stereocenters. The van der Waals surface area contributed by atoms with E-state index in [1.807, 2.05) is 30.8 Å². The normalized spacial score (nSPS) is 14.7. The quantitative estimate of drug-likeness (QED) is 0.823. The van der Waals surface area contributed by atoms with Crippen molar-refractivity contribution in [3.8, 4) is 0 Å². The molecule has 2 unspecified atom stereocenters. The summed E-state index contributed by atoms with van der Waals surface area (Å²) in [5, 5.41) is 1.14. The van der Waals surface area contributed by atoms with Crippen LogP contribution < -0.4 is 5.73 Å². The zero-order valence-electron chi connectivity index (χ0n) is 12.0. The van der Waals surface area contributed by atoms with Crippen LogP contribution in [-0.4, -0.2) is 21.2 Å². The lowest BCUT2D eigenvalue weighted by Crippen LogP contribution is -2.19. The van der Waals surface area contributed by atoms with Crippen molar-refractivity contribution >= 4 is 17.4 Å². The maximum absolute atomic E-state index is 5.98. The number of hydrogen-bond acceptors (Lipinski definition) is 3. The van der Waals surface area contributed by atoms with Crippen molar-refractivity contribution in [2.45, 2.75) is 44.7 Å². The summed E-state index contributed by atoms with van der Waals surface area (Å²) in [6.07, 6.45) is 4.16. The molecule has 104 valence electrons. The Morgan fingerprint density at radius 1 is 1.37 bits per heavy atom. The van der Waals surface area contributed by atoms with Gasteiger partial charge in [0.1, 0.15) is 10.7 Å². The van der Waals surface area contributed by atoms with Gasteiger partial charge in [0.25, 0.3) is 0 Å². The van der Waals surface area contributed by atoms with E-state index in [2.05, 4.69) is 30.5 Å². The Balaban J connectivity index is 2.30. The smallest absolute Gasteiger partial charge is 0.138 e. The zero-order valence-corrected chi connectivity index (χ0v) is 12.8. The molecule has 2 aromatic rings. The number of imidazole rings is 1. The molecule has 4 heteroatoms. The summed E-state index contributed by atoms with van der Waals surface area (Å²) in [6.45, 7) is 6.57. The van der Waals surface area contributed by atoms with Crippen LogP contribution in [0, 0.1) is 5.92 Å². The van der Waals surface area contributed by atoms with Gasteiger partial charge >= 0.3 is 0 Å². The van der Waals surface area contributed by atoms with Crippen LogP contribution in [0.25, 0.3) is 5.65 Å². The first-order valence-electron chi connectivity index (χ1n) is 6.96. The van der Waals surface area contributed by atoms with E-state index in [1.54, 1.807) is 0 Å². The van der Waals surface area contributed by atoms with Crippen molar-refractivity contribution in [1.29, 1.82) is 0 Å². The second kappa shape index (κ2) is 6.44. The second-order valence-corrected chi connectivity index (χ2v) is 6.31. The van der Waals surface area contributed by atoms with Gasteiger partial charge in [0.05, 0.1) is 5.69 Å². The van der Waals surface area contributed by atoms with Gasteiger partial charge in [0.2, 0.25) is 0 Å². The average Bonchev–Trinajstić information content (AvgIpc) is 2.74. The Bertz CT molecular complexity index is 533. The molecule has 0 amide bonds. The van der Waals surface area contributed by atoms with Gasteiger partial charge in [-0.2, -0.15) is 0 Å². The van der Waals surface area contributed by atoms with E-state index in [0.29, 0.717) is 0 Å². The van der Waals surface area contributed by atoms with Gasteiger partial charge in [-0.25, -0.2) is 4.98 Å². The van der Waals surface area contributed by atoms with Gasteiger partial charge in [-0.05, 0) is 25.0 Å². The monoisotopic (exact) mass is 277 g/mol. The summed E-state index contributed by atoms with van der Waals surface area (Å²) in [5.41, 5.74) is 8.24. The first-order chi connectivity index (χ1) is 9.11. The first-order valence-corrected chi connectivity index (χ1v) is 7.94. The largest absolute Gasteiger partial charge is 0.328 e. The summed E-state index contributed by atoms with van der Waals surface area (Å²) in [5.74, 6) is 1.84. The van der Waals surface area contributed by atoms with Crippen molar-refractivity contribution in [2.75, 3.05) is 5.75 Å². The van der Waals surface area contributed by atoms with Gasteiger partial charge < -0.3 is 10.1 Å². The van der Waals surface area contributed by atoms with Gasteiger partial charge in [-0.15, -0.1) is 11.8 Å². The molecule has 19 heavy (non-hydrogen) atoms. The van der Waals surface area contributed by atoms with E-state index in [1.165, 1.54) is 12.1 Å². The molecule has 2 heterocycles. The fourth-order valence-electron chi connectivity index (χ4n) is 1.97. The first kappa shape index (κ1) is 14.4. The molecule has 0 fully saturated rings. The van der Waals surface area contributed by atoms with E-state index in [9.17, 15) is 0 Å². The topological polar surface area (TPSA) is 43.3 Å². The summed E-state index contributed by atoms with van der Waals surface area (Å²) in [4.78, 5) is 4.74. The summed E-state index contributed by atoms with van der Waals surface area (Å²) >= 11 is 1.86. The molecule has 3 nitrogen and oxygen atoms in total. The number of hydrogen-bond donors (Lipinski definition) is 1. The van der Waals surface area contributed by atoms with Crippen LogP contribution in [-0.2, 0) is 6.42 Å². The highest BCUT2D eigenvalue weighted by molar-refractivity contribution is 7.99. The number of aromatic nitrogens is 2. The molecular formula is C15H23N3S. The lowest BCUT2D eigenvalue weighted by atomic mass is 10.2. The standard InChI is InChI=1S/C15H23N3S/c1-4-11(2)10-19-15-13(9-12(3)16)18-8-6-5-7-14(18)17-15/h5-8,11-12H,4,9-10,16H2,1-3H3. The molecule has 0 spiro atoms. The zero-order chi connectivity index (χ0) is 13.8. The molecular weight excluding hydrogens is 254 g/mol. The fourth-order valence-corrected chi connectivity index (χ4v) is 3.15. The lowest BCUT2D eigenvalue weighted by Gasteiger charge is -2.09. The predicted octanol–water partition coefficient (Wildman–Crippen LogP) is 3.36. The number of fused-ring (bicyclic) bond motifs is 1. The van der Waals surface area contributed by atoms with Crippen LogP contribution in [0.15, 0.2) is 29.4 Å². The maximum Gasteiger partial charge on any atom is 0.138 e. The molecule has 0 saturated heterocycles. The molecule has 0 aliphatic heterocycles. The van der Waals surface area contributed by atoms with Gasteiger partial charge in [-0.1, -0.05) is 26.3 Å². The van der Waals surface area contributed by atoms with E-state index >= 15 is 0 Å². The Kier molecular flexibility index (Phi) is 4.88. The van der Waals surface area contributed by atoms with Crippen molar-refractivity contribution in [2.24, 2.45) is 11.7 Å². The minimum atomic E-state index is 0.156. The average molecular weight is 277 g/mol. The van der Waals surface area contributed by atoms with Crippen LogP contribution in [0.2, 0.25) is 0 Å². The highest BCUT2D eigenvalue weighted by atomic mass is 32.2. The number of nitrogens with two attached hydrogens (primary N) is 1. The molecule has 2 rings (SSSR count). The Labute approximate surface area is 119 Å². The number of pyridine rings is 1. The minimum Gasteiger partial charge on any atom is -0.328 e. The highest BCUT2D eigenvalue weighted by Gasteiger charge is 2.14. The lowest BCUT2D eigenvalue weighted by molar-refractivity contribution is 0.636. The van der Waals surface area contributed by atoms with Crippen molar-refractivity contribution in [1.82, 2.24) is 9.38 Å². The molecule has 2 N–H and O–H groups in total. The highest BCUT2D eigenvalue weighted by Crippen LogP contribution is 2.26. The van der Waals surface area contributed by atoms with Crippen LogP contribution in [0.1, 0.15) is 32.9 Å². The van der Waals surface area contributed by atoms with Crippen molar-refractivity contribution in [3.05, 3.63) is 30.1 Å². The molecule has 0 aliphatic carbocycles. The summed E-state index contributed by atoms with van der Waals surface area (Å²) in [6, 6.07) is 6.28. The van der Waals surface area contributed by atoms with Gasteiger partial charge in [0.15, 0.2) is 0 Å². The molecule has 0 radical (unpaired) electrons. The molecule has 0 aromatic carbocycles. The summed E-state index contributed by atoms with van der Waals surface area (Å²) < 4.78 is 2.17. The SMILES string of the molecule is CCC(C)CSc1nc2ccccn2c1CC(C)N. The minimum absolute atomic E-state index is 0.156. The number of thioether (sulfide) groups is 1. The molecule has 2 aromatic heterocycles. The third-order valence-corrected chi connectivity index (χ3v) is 4.64. The van der Waals surface area contributed by atoms with Crippen LogP contribution in [0.5, 0.6) is 0 Å². The van der Waals surface area contributed by atoms with Crippen LogP contribution in [0.3, 0.4) is 0 Å². The van der Waals surface area contributed by atoms with Crippen molar-refractivity contribution < 1.29 is 0 Å². The van der Waals surface area contributed by atoms with Crippen LogP contribution >= 0.6 is 11.8 Å². The molecule has 0 bridgehead atoms. The van der Waals surface area contributed by atoms with E-state index < -0.39 is 0 Å². The van der Waals surface area contributed by atoms with Crippen molar-refractivity contribution in [3.63, 3.8) is 0 Å². The Morgan fingerprint density at radius 3 is 2.84 bits per heavy atom. The third-order valence-electron chi connectivity index (χ3n) is 3.31. The van der Waals surface area contributed by atoms with Gasteiger partial charge in [-0.3, -0.25) is 0 Å². The van der Waals surface area contributed by atoms with Crippen LogP contribution in [0.4, 0.5) is 0 Å². The maximum atomic E-state index is 5.98. The molecule has 0 saturated carbocycles. The van der Waals surface area contributed by atoms with E-state index in [0.717, 1.165) is 28.8 Å². The number of rotatable bonds is 6.